The number of hydrogen-bond donors (Lipinski definition) is 2. The van der Waals surface area contributed by atoms with E-state index < -0.39 is 10.0 Å². The van der Waals surface area contributed by atoms with Crippen LogP contribution in [0.3, 0.4) is 0 Å². The highest BCUT2D eigenvalue weighted by Gasteiger charge is 2.18. The molecule has 0 amide bonds. The van der Waals surface area contributed by atoms with Crippen LogP contribution in [0, 0.1) is 0 Å². The summed E-state index contributed by atoms with van der Waals surface area (Å²) in [5.74, 6) is 0.0590. The molecule has 0 aliphatic heterocycles. The average Bonchev–Trinajstić information content (AvgIpc) is 3.06. The fourth-order valence-corrected chi connectivity index (χ4v) is 4.59. The van der Waals surface area contributed by atoms with Crippen molar-refractivity contribution >= 4 is 32.7 Å². The van der Waals surface area contributed by atoms with Crippen LogP contribution in [0.15, 0.2) is 27.9 Å². The normalized spacial score (nSPS) is 13.6. The third-order valence-corrected chi connectivity index (χ3v) is 6.59. The Bertz CT molecular complexity index is 619. The van der Waals surface area contributed by atoms with Crippen LogP contribution in [-0.4, -0.2) is 19.9 Å². The summed E-state index contributed by atoms with van der Waals surface area (Å²) in [7, 11) is -3.45. The van der Waals surface area contributed by atoms with Gasteiger partial charge in [-0.05, 0) is 12.1 Å². The van der Waals surface area contributed by atoms with E-state index >= 15 is 0 Å². The van der Waals surface area contributed by atoms with Gasteiger partial charge in [-0.1, -0.05) is 6.92 Å². The minimum Gasteiger partial charge on any atom is -0.326 e. The van der Waals surface area contributed by atoms with Gasteiger partial charge in [0.2, 0.25) is 10.0 Å². The van der Waals surface area contributed by atoms with Gasteiger partial charge >= 0.3 is 0 Å². The van der Waals surface area contributed by atoms with E-state index in [2.05, 4.69) is 9.71 Å². The van der Waals surface area contributed by atoms with Gasteiger partial charge in [0.25, 0.3) is 0 Å². The molecular formula is C11H15N3O2S3. The summed E-state index contributed by atoms with van der Waals surface area (Å²) in [5.41, 5.74) is 5.48. The summed E-state index contributed by atoms with van der Waals surface area (Å²) in [6, 6.07) is 3.33. The zero-order chi connectivity index (χ0) is 13.9. The zero-order valence-electron chi connectivity index (χ0n) is 10.4. The van der Waals surface area contributed by atoms with Crippen molar-refractivity contribution in [3.63, 3.8) is 0 Å². The molecule has 2 aromatic rings. The Morgan fingerprint density at radius 2 is 2.26 bits per heavy atom. The summed E-state index contributed by atoms with van der Waals surface area (Å²) in [6.07, 6.45) is 1.72. The highest BCUT2D eigenvalue weighted by molar-refractivity contribution is 7.91. The number of nitrogens with zero attached hydrogens (tertiary/aromatic N) is 1. The molecule has 2 rings (SSSR count). The van der Waals surface area contributed by atoms with Crippen molar-refractivity contribution in [3.05, 3.63) is 33.6 Å². The number of aromatic nitrogens is 1. The van der Waals surface area contributed by atoms with Gasteiger partial charge in [-0.3, -0.25) is 0 Å². The predicted octanol–water partition coefficient (Wildman–Crippen LogP) is 1.75. The maximum atomic E-state index is 12.1. The van der Waals surface area contributed by atoms with Crippen LogP contribution >= 0.6 is 22.7 Å². The van der Waals surface area contributed by atoms with E-state index in [1.54, 1.807) is 18.3 Å². The largest absolute Gasteiger partial charge is 0.326 e. The van der Waals surface area contributed by atoms with E-state index in [0.717, 1.165) is 9.88 Å². The van der Waals surface area contributed by atoms with E-state index in [4.69, 9.17) is 5.73 Å². The number of nitrogens with two attached hydrogens (primary N) is 1. The van der Waals surface area contributed by atoms with Gasteiger partial charge in [0.15, 0.2) is 0 Å². The molecule has 1 atom stereocenters. The van der Waals surface area contributed by atoms with Crippen molar-refractivity contribution in [3.8, 4) is 0 Å². The molecule has 0 fully saturated rings. The summed E-state index contributed by atoms with van der Waals surface area (Å²) in [5, 5.41) is 2.81. The molecule has 0 aliphatic rings. The molecular weight excluding hydrogens is 302 g/mol. The van der Waals surface area contributed by atoms with Gasteiger partial charge in [-0.25, -0.2) is 18.1 Å². The lowest BCUT2D eigenvalue weighted by Gasteiger charge is -2.09. The van der Waals surface area contributed by atoms with Crippen LogP contribution in [0.5, 0.6) is 0 Å². The molecule has 0 radical (unpaired) electrons. The number of thiazole rings is 1. The maximum absolute atomic E-state index is 12.1. The van der Waals surface area contributed by atoms with Crippen LogP contribution in [-0.2, 0) is 16.6 Å². The predicted molar refractivity (Wildman–Crippen MR) is 77.9 cm³/mol. The second-order valence-electron chi connectivity index (χ2n) is 4.05. The van der Waals surface area contributed by atoms with E-state index in [1.807, 2.05) is 12.3 Å². The molecule has 0 bridgehead atoms. The quantitative estimate of drug-likeness (QED) is 0.850. The van der Waals surface area contributed by atoms with Crippen LogP contribution in [0.25, 0.3) is 0 Å². The smallest absolute Gasteiger partial charge is 0.250 e. The lowest BCUT2D eigenvalue weighted by Crippen LogP contribution is -2.27. The maximum Gasteiger partial charge on any atom is 0.250 e. The summed E-state index contributed by atoms with van der Waals surface area (Å²) in [6.45, 7) is 2.64. The van der Waals surface area contributed by atoms with Gasteiger partial charge in [0.05, 0.1) is 5.01 Å². The Labute approximate surface area is 120 Å². The van der Waals surface area contributed by atoms with Crippen LogP contribution in [0.1, 0.15) is 22.7 Å². The molecule has 3 N–H and O–H groups in total. The molecule has 0 spiro atoms. The van der Waals surface area contributed by atoms with Crippen molar-refractivity contribution in [2.24, 2.45) is 5.73 Å². The molecule has 0 saturated heterocycles. The Morgan fingerprint density at radius 1 is 1.47 bits per heavy atom. The van der Waals surface area contributed by atoms with Crippen molar-refractivity contribution in [1.82, 2.24) is 9.71 Å². The van der Waals surface area contributed by atoms with Gasteiger partial charge in [-0.15, -0.1) is 22.7 Å². The highest BCUT2D eigenvalue weighted by Crippen LogP contribution is 2.22. The first kappa shape index (κ1) is 14.6. The lowest BCUT2D eigenvalue weighted by atomic mass is 10.2. The second kappa shape index (κ2) is 6.10. The molecule has 0 aromatic carbocycles. The van der Waals surface area contributed by atoms with E-state index in [-0.39, 0.29) is 5.92 Å². The minimum absolute atomic E-state index is 0.0590. The summed E-state index contributed by atoms with van der Waals surface area (Å²) in [4.78, 5) is 5.03. The van der Waals surface area contributed by atoms with E-state index in [9.17, 15) is 8.42 Å². The molecule has 5 nitrogen and oxygen atoms in total. The third-order valence-electron chi connectivity index (χ3n) is 2.56. The van der Waals surface area contributed by atoms with E-state index in [0.29, 0.717) is 17.3 Å². The summed E-state index contributed by atoms with van der Waals surface area (Å²) >= 11 is 2.73. The number of rotatable bonds is 6. The average molecular weight is 317 g/mol. The first-order valence-electron chi connectivity index (χ1n) is 5.71. The first-order chi connectivity index (χ1) is 9.03. The number of hydrogen-bond acceptors (Lipinski definition) is 6. The van der Waals surface area contributed by atoms with E-state index in [1.165, 1.54) is 22.7 Å². The fraction of sp³-hybridized carbons (Fsp3) is 0.364. The molecule has 104 valence electrons. The molecule has 2 aromatic heterocycles. The number of thiophene rings is 1. The molecule has 1 unspecified atom stereocenters. The number of nitrogens with one attached hydrogen (secondary N) is 1. The van der Waals surface area contributed by atoms with Crippen molar-refractivity contribution in [2.45, 2.75) is 23.6 Å². The highest BCUT2D eigenvalue weighted by atomic mass is 32.2. The van der Waals surface area contributed by atoms with Crippen LogP contribution in [0.4, 0.5) is 0 Å². The summed E-state index contributed by atoms with van der Waals surface area (Å²) < 4.78 is 27.1. The van der Waals surface area contributed by atoms with Gasteiger partial charge in [-0.2, -0.15) is 0 Å². The number of sulfonamides is 1. The zero-order valence-corrected chi connectivity index (χ0v) is 12.8. The SMILES string of the molecule is CC(CNS(=O)(=O)c1ccc(CN)s1)c1nccs1. The van der Waals surface area contributed by atoms with Crippen molar-refractivity contribution in [1.29, 1.82) is 0 Å². The van der Waals surface area contributed by atoms with Crippen molar-refractivity contribution < 1.29 is 8.42 Å². The minimum atomic E-state index is -3.45. The Hall–Kier alpha value is -0.800. The lowest BCUT2D eigenvalue weighted by molar-refractivity contribution is 0.576. The topological polar surface area (TPSA) is 85.1 Å². The Balaban J connectivity index is 2.01. The van der Waals surface area contributed by atoms with Crippen LogP contribution < -0.4 is 10.5 Å². The third kappa shape index (κ3) is 3.61. The van der Waals surface area contributed by atoms with Gasteiger partial charge in [0.1, 0.15) is 4.21 Å². The van der Waals surface area contributed by atoms with Gasteiger partial charge < -0.3 is 5.73 Å². The van der Waals surface area contributed by atoms with Crippen molar-refractivity contribution in [2.75, 3.05) is 6.54 Å². The first-order valence-corrected chi connectivity index (χ1v) is 8.88. The Kier molecular flexibility index (Phi) is 4.69. The molecule has 8 heteroatoms. The second-order valence-corrected chi connectivity index (χ2v) is 8.14. The molecule has 2 heterocycles. The molecule has 0 saturated carbocycles. The molecule has 19 heavy (non-hydrogen) atoms. The fourth-order valence-electron chi connectivity index (χ4n) is 1.48. The Morgan fingerprint density at radius 3 is 2.84 bits per heavy atom. The monoisotopic (exact) mass is 317 g/mol. The van der Waals surface area contributed by atoms with Gasteiger partial charge in [0, 0.05) is 35.5 Å². The van der Waals surface area contributed by atoms with Crippen LogP contribution in [0.2, 0.25) is 0 Å². The molecule has 0 aliphatic carbocycles. The standard InChI is InChI=1S/C11H15N3O2S3/c1-8(11-13-4-5-17-11)7-14-19(15,16)10-3-2-9(6-12)18-10/h2-5,8,14H,6-7,12H2,1H3.